The standard InChI is InChI=1S/C23H27NP.2BrH.H3P/c1-24(2)19-12-20-25(21-13-6-3-7-14-21,22-15-8-4-9-16-22)23-17-10-5-11-18-23;;;/h3-11,13-18H,12,19-20H2,1-2H3;2*1H;1H3/q+1;;;/p-1. The predicted octanol–water partition coefficient (Wildman–Crippen LogP) is 1.57. The second-order valence-corrected chi connectivity index (χ2v) is 10.3. The Morgan fingerprint density at radius 2 is 0.964 bits per heavy atom. The van der Waals surface area contributed by atoms with Crippen molar-refractivity contribution in [3.8, 4) is 0 Å². The monoisotopic (exact) mass is 541 g/mol. The maximum atomic E-state index is 2.32. The molecule has 1 atom stereocenters. The van der Waals surface area contributed by atoms with Crippen molar-refractivity contribution in [2.45, 2.75) is 6.42 Å². The molecule has 3 aromatic carbocycles. The third-order valence-corrected chi connectivity index (χ3v) is 9.22. The fourth-order valence-corrected chi connectivity index (χ4v) is 7.83. The molecule has 0 saturated carbocycles. The highest BCUT2D eigenvalue weighted by Crippen LogP contribution is 2.55. The molecule has 1 unspecified atom stereocenters. The van der Waals surface area contributed by atoms with Crippen molar-refractivity contribution in [2.75, 3.05) is 26.8 Å². The van der Waals surface area contributed by atoms with Crippen LogP contribution in [0.4, 0.5) is 0 Å². The molecule has 0 radical (unpaired) electrons. The quantitative estimate of drug-likeness (QED) is 0.410. The molecular weight excluding hydrogens is 512 g/mol. The largest absolute Gasteiger partial charge is 1.00 e. The van der Waals surface area contributed by atoms with Crippen molar-refractivity contribution in [3.05, 3.63) is 91.0 Å². The van der Waals surface area contributed by atoms with E-state index in [-0.39, 0.29) is 43.9 Å². The van der Waals surface area contributed by atoms with Crippen molar-refractivity contribution in [1.29, 1.82) is 0 Å². The fraction of sp³-hybridized carbons (Fsp3) is 0.217. The summed E-state index contributed by atoms with van der Waals surface area (Å²) in [6.45, 7) is 1.12. The predicted molar refractivity (Wildman–Crippen MR) is 135 cm³/mol. The average Bonchev–Trinajstić information content (AvgIpc) is 2.67. The molecule has 1 nitrogen and oxygen atoms in total. The van der Waals surface area contributed by atoms with Crippen LogP contribution in [0.2, 0.25) is 0 Å². The van der Waals surface area contributed by atoms with E-state index in [1.807, 2.05) is 0 Å². The molecule has 0 fully saturated rings. The highest BCUT2D eigenvalue weighted by molar-refractivity contribution is 8.93. The second-order valence-electron chi connectivity index (χ2n) is 6.70. The summed E-state index contributed by atoms with van der Waals surface area (Å²) in [6.07, 6.45) is 2.39. The number of hydrogen-bond acceptors (Lipinski definition) is 1. The highest BCUT2D eigenvalue weighted by atomic mass is 79.9. The van der Waals surface area contributed by atoms with Gasteiger partial charge in [-0.15, -0.1) is 17.0 Å². The topological polar surface area (TPSA) is 3.24 Å². The summed E-state index contributed by atoms with van der Waals surface area (Å²) in [5.41, 5.74) is 0. The minimum absolute atomic E-state index is 0. The lowest BCUT2D eigenvalue weighted by Gasteiger charge is -2.28. The first-order chi connectivity index (χ1) is 12.2. The summed E-state index contributed by atoms with van der Waals surface area (Å²) in [4.78, 5) is 2.29. The molecule has 0 aliphatic rings. The van der Waals surface area contributed by atoms with E-state index in [9.17, 15) is 0 Å². The molecule has 0 spiro atoms. The van der Waals surface area contributed by atoms with E-state index in [0.29, 0.717) is 0 Å². The van der Waals surface area contributed by atoms with Gasteiger partial charge in [0.25, 0.3) is 0 Å². The first-order valence-electron chi connectivity index (χ1n) is 8.93. The SMILES string of the molecule is Br.CN(C)CCC[P+](c1ccccc1)(c1ccccc1)c1ccccc1.P.[Br-]. The van der Waals surface area contributed by atoms with Crippen LogP contribution in [-0.2, 0) is 0 Å². The van der Waals surface area contributed by atoms with Crippen LogP contribution < -0.4 is 32.9 Å². The summed E-state index contributed by atoms with van der Waals surface area (Å²) in [5.74, 6) is 0. The lowest BCUT2D eigenvalue weighted by atomic mass is 10.3. The van der Waals surface area contributed by atoms with E-state index >= 15 is 0 Å². The molecule has 0 saturated heterocycles. The Bertz CT molecular complexity index is 672. The molecule has 0 amide bonds. The molecule has 0 heterocycles. The second kappa shape index (κ2) is 13.6. The van der Waals surface area contributed by atoms with Crippen LogP contribution in [0, 0.1) is 0 Å². The van der Waals surface area contributed by atoms with E-state index in [4.69, 9.17) is 0 Å². The zero-order valence-electron chi connectivity index (χ0n) is 16.7. The van der Waals surface area contributed by atoms with Crippen LogP contribution in [0.15, 0.2) is 91.0 Å². The molecule has 3 rings (SSSR count). The van der Waals surface area contributed by atoms with Crippen LogP contribution in [0.5, 0.6) is 0 Å². The number of rotatable bonds is 7. The van der Waals surface area contributed by atoms with E-state index < -0.39 is 7.26 Å². The van der Waals surface area contributed by atoms with Crippen molar-refractivity contribution >= 4 is 50.1 Å². The highest BCUT2D eigenvalue weighted by Gasteiger charge is 2.44. The number of halogens is 2. The Hall–Kier alpha value is -0.560. The molecule has 0 aliphatic carbocycles. The third-order valence-electron chi connectivity index (χ3n) is 4.69. The molecule has 5 heteroatoms. The van der Waals surface area contributed by atoms with Gasteiger partial charge in [0.2, 0.25) is 0 Å². The fourth-order valence-electron chi connectivity index (χ4n) is 3.51. The van der Waals surface area contributed by atoms with Crippen LogP contribution >= 0.6 is 34.1 Å². The zero-order chi connectivity index (χ0) is 17.5. The maximum Gasteiger partial charge on any atom is 0.112 e. The summed E-state index contributed by atoms with van der Waals surface area (Å²) < 4.78 is 0. The third kappa shape index (κ3) is 6.48. The lowest BCUT2D eigenvalue weighted by molar-refractivity contribution is -0.00000528. The van der Waals surface area contributed by atoms with Crippen LogP contribution in [0.1, 0.15) is 6.42 Å². The summed E-state index contributed by atoms with van der Waals surface area (Å²) >= 11 is 0. The smallest absolute Gasteiger partial charge is 0.112 e. The van der Waals surface area contributed by atoms with Crippen LogP contribution in [0.3, 0.4) is 0 Å². The number of hydrogen-bond donors (Lipinski definition) is 0. The van der Waals surface area contributed by atoms with Gasteiger partial charge in [0.1, 0.15) is 23.2 Å². The van der Waals surface area contributed by atoms with E-state index in [0.717, 1.165) is 6.54 Å². The van der Waals surface area contributed by atoms with Crippen molar-refractivity contribution in [1.82, 2.24) is 4.90 Å². The molecule has 0 N–H and O–H groups in total. The van der Waals surface area contributed by atoms with Gasteiger partial charge >= 0.3 is 0 Å². The van der Waals surface area contributed by atoms with E-state index in [1.54, 1.807) is 0 Å². The number of benzene rings is 3. The van der Waals surface area contributed by atoms with Crippen molar-refractivity contribution in [3.63, 3.8) is 0 Å². The molecule has 152 valence electrons. The molecule has 3 aromatic rings. The van der Waals surface area contributed by atoms with Gasteiger partial charge in [-0.2, -0.15) is 9.90 Å². The van der Waals surface area contributed by atoms with Gasteiger partial charge in [-0.25, -0.2) is 0 Å². The molecule has 0 aliphatic heterocycles. The van der Waals surface area contributed by atoms with Gasteiger partial charge in [-0.1, -0.05) is 54.6 Å². The Kier molecular flexibility index (Phi) is 13.4. The zero-order valence-corrected chi connectivity index (χ0v) is 22.3. The first-order valence-corrected chi connectivity index (χ1v) is 10.9. The summed E-state index contributed by atoms with van der Waals surface area (Å²) in [6, 6.07) is 33.4. The Morgan fingerprint density at radius 1 is 0.643 bits per heavy atom. The van der Waals surface area contributed by atoms with Crippen LogP contribution in [-0.4, -0.2) is 31.7 Å². The molecule has 0 bridgehead atoms. The maximum absolute atomic E-state index is 2.32. The Balaban J connectivity index is 0.00000243. The molecule has 28 heavy (non-hydrogen) atoms. The minimum Gasteiger partial charge on any atom is -1.00 e. The average molecular weight is 543 g/mol. The van der Waals surface area contributed by atoms with Gasteiger partial charge in [-0.3, -0.25) is 0 Å². The molecule has 0 aromatic heterocycles. The van der Waals surface area contributed by atoms with Crippen molar-refractivity contribution < 1.29 is 17.0 Å². The first kappa shape index (κ1) is 27.4. The van der Waals surface area contributed by atoms with Gasteiger partial charge < -0.3 is 21.9 Å². The van der Waals surface area contributed by atoms with Crippen molar-refractivity contribution in [2.24, 2.45) is 0 Å². The van der Waals surface area contributed by atoms with Gasteiger partial charge in [0.15, 0.2) is 0 Å². The Labute approximate surface area is 195 Å². The van der Waals surface area contributed by atoms with Gasteiger partial charge in [0, 0.05) is 6.54 Å². The van der Waals surface area contributed by atoms with Crippen LogP contribution in [0.25, 0.3) is 0 Å². The van der Waals surface area contributed by atoms with E-state index in [2.05, 4.69) is 110 Å². The summed E-state index contributed by atoms with van der Waals surface area (Å²) in [7, 11) is 2.68. The van der Waals surface area contributed by atoms with Gasteiger partial charge in [0.05, 0.1) is 6.16 Å². The van der Waals surface area contributed by atoms with Gasteiger partial charge in [-0.05, 0) is 56.9 Å². The summed E-state index contributed by atoms with van der Waals surface area (Å²) in [5, 5.41) is 4.43. The molecular formula is C23H31Br2NP2. The van der Waals surface area contributed by atoms with E-state index in [1.165, 1.54) is 28.5 Å². The minimum atomic E-state index is -1.64. The Morgan fingerprint density at radius 3 is 1.25 bits per heavy atom. The lowest BCUT2D eigenvalue weighted by Crippen LogP contribution is -3.00. The normalized spacial score (nSPS) is 10.4. The number of nitrogens with zero attached hydrogens (tertiary/aromatic N) is 1.